The second-order valence-electron chi connectivity index (χ2n) is 7.40. The van der Waals surface area contributed by atoms with Crippen LogP contribution < -0.4 is 10.2 Å². The zero-order chi connectivity index (χ0) is 20.9. The molecule has 1 aromatic heterocycles. The Hall–Kier alpha value is -2.61. The Balaban J connectivity index is 1.74. The van der Waals surface area contributed by atoms with Crippen molar-refractivity contribution < 1.29 is 8.42 Å². The SMILES string of the molecule is Cc1nc2c(N3CCNCC3)cccc2n1S(=O)(=O)c1cccc2c(Cl)cccc12. The van der Waals surface area contributed by atoms with Gasteiger partial charge in [-0.15, -0.1) is 0 Å². The maximum Gasteiger partial charge on any atom is 0.270 e. The summed E-state index contributed by atoms with van der Waals surface area (Å²) in [5.74, 6) is 0.437. The van der Waals surface area contributed by atoms with Crippen molar-refractivity contribution >= 4 is 49.1 Å². The lowest BCUT2D eigenvalue weighted by Gasteiger charge is -2.29. The highest BCUT2D eigenvalue weighted by molar-refractivity contribution is 7.90. The summed E-state index contributed by atoms with van der Waals surface area (Å²) in [5, 5.41) is 5.18. The van der Waals surface area contributed by atoms with E-state index in [0.717, 1.165) is 31.9 Å². The first-order chi connectivity index (χ1) is 14.5. The molecule has 1 N–H and O–H groups in total. The number of anilines is 1. The summed E-state index contributed by atoms with van der Waals surface area (Å²) in [5.41, 5.74) is 2.26. The van der Waals surface area contributed by atoms with Crippen LogP contribution >= 0.6 is 11.6 Å². The lowest BCUT2D eigenvalue weighted by atomic mass is 10.1. The molecule has 5 rings (SSSR count). The van der Waals surface area contributed by atoms with Gasteiger partial charge in [-0.25, -0.2) is 17.4 Å². The highest BCUT2D eigenvalue weighted by Crippen LogP contribution is 2.33. The quantitative estimate of drug-likeness (QED) is 0.525. The number of imidazole rings is 1. The van der Waals surface area contributed by atoms with Gasteiger partial charge in [0, 0.05) is 42.0 Å². The molecule has 2 heterocycles. The maximum absolute atomic E-state index is 13.8. The van der Waals surface area contributed by atoms with Crippen LogP contribution in [0.5, 0.6) is 0 Å². The van der Waals surface area contributed by atoms with Gasteiger partial charge in [-0.05, 0) is 31.2 Å². The standard InChI is InChI=1S/C22H21ClN4O2S/c1-15-25-22-19(26-13-11-24-12-14-26)8-4-9-20(22)27(15)30(28,29)21-10-3-5-16-17(21)6-2-7-18(16)23/h2-10,24H,11-14H2,1H3. The molecule has 0 radical (unpaired) electrons. The van der Waals surface area contributed by atoms with E-state index >= 15 is 0 Å². The summed E-state index contributed by atoms with van der Waals surface area (Å²) >= 11 is 6.31. The van der Waals surface area contributed by atoms with Gasteiger partial charge in [-0.2, -0.15) is 0 Å². The van der Waals surface area contributed by atoms with Gasteiger partial charge in [0.1, 0.15) is 11.3 Å². The molecular formula is C22H21ClN4O2S. The predicted molar refractivity (Wildman–Crippen MR) is 121 cm³/mol. The number of halogens is 1. The highest BCUT2D eigenvalue weighted by Gasteiger charge is 2.26. The third kappa shape index (κ3) is 2.96. The fourth-order valence-corrected chi connectivity index (χ4v) is 6.15. The molecule has 3 aromatic carbocycles. The lowest BCUT2D eigenvalue weighted by Crippen LogP contribution is -2.43. The Morgan fingerprint density at radius 2 is 1.67 bits per heavy atom. The molecule has 1 aliphatic heterocycles. The molecule has 6 nitrogen and oxygen atoms in total. The third-order valence-electron chi connectivity index (χ3n) is 5.58. The molecular weight excluding hydrogens is 420 g/mol. The average molecular weight is 441 g/mol. The molecule has 1 saturated heterocycles. The van der Waals surface area contributed by atoms with Crippen LogP contribution in [0.3, 0.4) is 0 Å². The number of fused-ring (bicyclic) bond motifs is 2. The summed E-state index contributed by atoms with van der Waals surface area (Å²) in [6.07, 6.45) is 0. The second-order valence-corrected chi connectivity index (χ2v) is 9.56. The van der Waals surface area contributed by atoms with E-state index in [1.54, 1.807) is 37.3 Å². The smallest absolute Gasteiger partial charge is 0.270 e. The zero-order valence-electron chi connectivity index (χ0n) is 16.5. The Kier molecular flexibility index (Phi) is 4.69. The Bertz CT molecular complexity index is 1370. The lowest BCUT2D eigenvalue weighted by molar-refractivity contribution is 0.588. The number of aryl methyl sites for hydroxylation is 1. The van der Waals surface area contributed by atoms with Crippen molar-refractivity contribution in [1.29, 1.82) is 0 Å². The Morgan fingerprint density at radius 1 is 0.967 bits per heavy atom. The first-order valence-electron chi connectivity index (χ1n) is 9.85. The van der Waals surface area contributed by atoms with E-state index in [2.05, 4.69) is 15.2 Å². The molecule has 1 fully saturated rings. The first-order valence-corrected chi connectivity index (χ1v) is 11.7. The van der Waals surface area contributed by atoms with Crippen molar-refractivity contribution in [3.63, 3.8) is 0 Å². The van der Waals surface area contributed by atoms with Gasteiger partial charge >= 0.3 is 0 Å². The monoisotopic (exact) mass is 440 g/mol. The van der Waals surface area contributed by atoms with Crippen molar-refractivity contribution in [2.45, 2.75) is 11.8 Å². The number of rotatable bonds is 3. The summed E-state index contributed by atoms with van der Waals surface area (Å²) in [6, 6.07) is 16.2. The molecule has 30 heavy (non-hydrogen) atoms. The highest BCUT2D eigenvalue weighted by atomic mass is 35.5. The fraction of sp³-hybridized carbons (Fsp3) is 0.227. The minimum absolute atomic E-state index is 0.220. The van der Waals surface area contributed by atoms with Gasteiger partial charge in [-0.3, -0.25) is 0 Å². The Morgan fingerprint density at radius 3 is 2.47 bits per heavy atom. The minimum atomic E-state index is -3.88. The van der Waals surface area contributed by atoms with Crippen molar-refractivity contribution in [1.82, 2.24) is 14.3 Å². The van der Waals surface area contributed by atoms with Gasteiger partial charge < -0.3 is 10.2 Å². The van der Waals surface area contributed by atoms with Crippen LogP contribution in [0, 0.1) is 6.92 Å². The van der Waals surface area contributed by atoms with Crippen molar-refractivity contribution in [2.24, 2.45) is 0 Å². The molecule has 8 heteroatoms. The predicted octanol–water partition coefficient (Wildman–Crippen LogP) is 3.80. The molecule has 0 amide bonds. The van der Waals surface area contributed by atoms with Crippen LogP contribution in [0.4, 0.5) is 5.69 Å². The van der Waals surface area contributed by atoms with Crippen LogP contribution in [0.25, 0.3) is 21.8 Å². The molecule has 0 bridgehead atoms. The summed E-state index contributed by atoms with van der Waals surface area (Å²) in [7, 11) is -3.88. The Labute approximate surface area is 180 Å². The fourth-order valence-electron chi connectivity index (χ4n) is 4.21. The van der Waals surface area contributed by atoms with Gasteiger partial charge in [-0.1, -0.05) is 41.9 Å². The number of piperazine rings is 1. The molecule has 4 aromatic rings. The molecule has 0 aliphatic carbocycles. The summed E-state index contributed by atoms with van der Waals surface area (Å²) < 4.78 is 28.9. The first kappa shape index (κ1) is 19.4. The second kappa shape index (κ2) is 7.27. The van der Waals surface area contributed by atoms with E-state index in [-0.39, 0.29) is 4.90 Å². The number of nitrogens with zero attached hydrogens (tertiary/aromatic N) is 3. The summed E-state index contributed by atoms with van der Waals surface area (Å²) in [6.45, 7) is 5.24. The molecule has 0 unspecified atom stereocenters. The van der Waals surface area contributed by atoms with E-state index in [1.807, 2.05) is 24.3 Å². The van der Waals surface area contributed by atoms with Gasteiger partial charge in [0.15, 0.2) is 0 Å². The van der Waals surface area contributed by atoms with Crippen molar-refractivity contribution in [2.75, 3.05) is 31.1 Å². The normalized spacial score (nSPS) is 15.2. The number of hydrogen-bond acceptors (Lipinski definition) is 5. The van der Waals surface area contributed by atoms with Crippen LogP contribution in [-0.4, -0.2) is 43.6 Å². The van der Waals surface area contributed by atoms with Crippen molar-refractivity contribution in [3.8, 4) is 0 Å². The molecule has 0 saturated carbocycles. The number of aromatic nitrogens is 2. The average Bonchev–Trinajstić information content (AvgIpc) is 3.11. The van der Waals surface area contributed by atoms with E-state index in [0.29, 0.717) is 32.7 Å². The van der Waals surface area contributed by atoms with Crippen LogP contribution in [0.2, 0.25) is 5.02 Å². The topological polar surface area (TPSA) is 67.2 Å². The number of para-hydroxylation sites is 1. The van der Waals surface area contributed by atoms with Crippen LogP contribution in [-0.2, 0) is 10.0 Å². The van der Waals surface area contributed by atoms with E-state index < -0.39 is 10.0 Å². The van der Waals surface area contributed by atoms with Gasteiger partial charge in [0.05, 0.1) is 16.1 Å². The molecule has 0 spiro atoms. The largest absolute Gasteiger partial charge is 0.367 e. The molecule has 154 valence electrons. The third-order valence-corrected chi connectivity index (χ3v) is 7.77. The van der Waals surface area contributed by atoms with E-state index in [1.165, 1.54) is 3.97 Å². The van der Waals surface area contributed by atoms with E-state index in [9.17, 15) is 8.42 Å². The summed E-state index contributed by atoms with van der Waals surface area (Å²) in [4.78, 5) is 7.14. The van der Waals surface area contributed by atoms with Gasteiger partial charge in [0.2, 0.25) is 0 Å². The zero-order valence-corrected chi connectivity index (χ0v) is 18.0. The van der Waals surface area contributed by atoms with E-state index in [4.69, 9.17) is 11.6 Å². The molecule has 0 atom stereocenters. The van der Waals surface area contributed by atoms with Crippen LogP contribution in [0.15, 0.2) is 59.5 Å². The van der Waals surface area contributed by atoms with Crippen molar-refractivity contribution in [3.05, 3.63) is 65.4 Å². The van der Waals surface area contributed by atoms with Gasteiger partial charge in [0.25, 0.3) is 10.0 Å². The number of hydrogen-bond donors (Lipinski definition) is 1. The number of nitrogens with one attached hydrogen (secondary N) is 1. The molecule has 1 aliphatic rings. The van der Waals surface area contributed by atoms with Crippen LogP contribution in [0.1, 0.15) is 5.82 Å². The number of benzene rings is 3. The maximum atomic E-state index is 13.8. The minimum Gasteiger partial charge on any atom is -0.367 e.